The zero-order valence-electron chi connectivity index (χ0n) is 8.08. The van der Waals surface area contributed by atoms with E-state index in [0.29, 0.717) is 15.4 Å². The molecule has 0 saturated heterocycles. The van der Waals surface area contributed by atoms with Crippen molar-refractivity contribution in [2.24, 2.45) is 5.73 Å². The Labute approximate surface area is 106 Å². The summed E-state index contributed by atoms with van der Waals surface area (Å²) in [4.78, 5) is 0. The van der Waals surface area contributed by atoms with Crippen molar-refractivity contribution in [2.75, 3.05) is 6.61 Å². The molecule has 0 radical (unpaired) electrons. The summed E-state index contributed by atoms with van der Waals surface area (Å²) in [7, 11) is 0. The molecule has 0 aliphatic rings. The molecular formula is C10H13Br2NO2. The fraction of sp³-hybridized carbons (Fsp3) is 0.400. The molecule has 4 N–H and O–H groups in total. The Morgan fingerprint density at radius 1 is 1.27 bits per heavy atom. The van der Waals surface area contributed by atoms with Gasteiger partial charge in [0.2, 0.25) is 0 Å². The third-order valence-electron chi connectivity index (χ3n) is 2.14. The average molecular weight is 339 g/mol. The van der Waals surface area contributed by atoms with E-state index >= 15 is 0 Å². The van der Waals surface area contributed by atoms with E-state index in [1.165, 1.54) is 0 Å². The summed E-state index contributed by atoms with van der Waals surface area (Å²) in [6.07, 6.45) is 1.40. The van der Waals surface area contributed by atoms with Crippen LogP contribution < -0.4 is 5.73 Å². The molecule has 0 bridgehead atoms. The van der Waals surface area contributed by atoms with Crippen molar-refractivity contribution in [3.8, 4) is 5.75 Å². The molecule has 0 fully saturated rings. The standard InChI is InChI=1S/C10H13Br2NO2/c11-7-4-6(5-8(12)10(7)15)9(13)2-1-3-14/h4-5,9,14-15H,1-3,13H2/t9-/m0/s1. The topological polar surface area (TPSA) is 66.5 Å². The maximum Gasteiger partial charge on any atom is 0.143 e. The highest BCUT2D eigenvalue weighted by Crippen LogP contribution is 2.35. The molecule has 0 spiro atoms. The van der Waals surface area contributed by atoms with E-state index in [4.69, 9.17) is 10.8 Å². The monoisotopic (exact) mass is 337 g/mol. The molecule has 0 aliphatic heterocycles. The number of rotatable bonds is 4. The number of hydrogen-bond donors (Lipinski definition) is 3. The Bertz CT molecular complexity index is 321. The number of hydrogen-bond acceptors (Lipinski definition) is 3. The van der Waals surface area contributed by atoms with E-state index in [1.807, 2.05) is 0 Å². The van der Waals surface area contributed by atoms with Gasteiger partial charge in [0, 0.05) is 12.6 Å². The predicted octanol–water partition coefficient (Wildman–Crippen LogP) is 2.69. The van der Waals surface area contributed by atoms with Crippen LogP contribution in [0.15, 0.2) is 21.1 Å². The highest BCUT2D eigenvalue weighted by atomic mass is 79.9. The number of phenols is 1. The van der Waals surface area contributed by atoms with Gasteiger partial charge in [-0.15, -0.1) is 0 Å². The number of aliphatic hydroxyl groups is 1. The molecule has 0 saturated carbocycles. The number of halogens is 2. The van der Waals surface area contributed by atoms with Gasteiger partial charge in [0.05, 0.1) is 8.95 Å². The van der Waals surface area contributed by atoms with Gasteiger partial charge in [-0.1, -0.05) is 0 Å². The van der Waals surface area contributed by atoms with E-state index in [1.54, 1.807) is 12.1 Å². The highest BCUT2D eigenvalue weighted by Gasteiger charge is 2.11. The first-order chi connectivity index (χ1) is 7.06. The summed E-state index contributed by atoms with van der Waals surface area (Å²) < 4.78 is 1.23. The molecule has 0 aliphatic carbocycles. The number of aromatic hydroxyl groups is 1. The van der Waals surface area contributed by atoms with E-state index in [2.05, 4.69) is 31.9 Å². The van der Waals surface area contributed by atoms with E-state index < -0.39 is 0 Å². The van der Waals surface area contributed by atoms with E-state index in [9.17, 15) is 5.11 Å². The Balaban J connectivity index is 2.86. The average Bonchev–Trinajstić information content (AvgIpc) is 2.21. The van der Waals surface area contributed by atoms with Gasteiger partial charge in [0.1, 0.15) is 5.75 Å². The van der Waals surface area contributed by atoms with Crippen LogP contribution in [0.3, 0.4) is 0 Å². The number of aliphatic hydroxyl groups excluding tert-OH is 1. The second-order valence-electron chi connectivity index (χ2n) is 3.31. The summed E-state index contributed by atoms with van der Waals surface area (Å²) in [5.74, 6) is 0.174. The molecule has 3 nitrogen and oxygen atoms in total. The quantitative estimate of drug-likeness (QED) is 0.790. The smallest absolute Gasteiger partial charge is 0.143 e. The van der Waals surface area contributed by atoms with Crippen LogP contribution in [0, 0.1) is 0 Å². The molecule has 0 amide bonds. The fourth-order valence-electron chi connectivity index (χ4n) is 1.28. The summed E-state index contributed by atoms with van der Waals surface area (Å²) in [6, 6.07) is 3.47. The molecule has 0 aromatic heterocycles. The van der Waals surface area contributed by atoms with Gasteiger partial charge < -0.3 is 15.9 Å². The van der Waals surface area contributed by atoms with Crippen molar-refractivity contribution in [1.82, 2.24) is 0 Å². The van der Waals surface area contributed by atoms with E-state index in [0.717, 1.165) is 12.0 Å². The maximum absolute atomic E-state index is 9.51. The Kier molecular flexibility index (Phi) is 5.05. The predicted molar refractivity (Wildman–Crippen MR) is 66.8 cm³/mol. The van der Waals surface area contributed by atoms with Crippen molar-refractivity contribution in [3.63, 3.8) is 0 Å². The second-order valence-corrected chi connectivity index (χ2v) is 5.01. The normalized spacial score (nSPS) is 12.8. The molecule has 84 valence electrons. The SMILES string of the molecule is N[C@@H](CCCO)c1cc(Br)c(O)c(Br)c1. The minimum absolute atomic E-state index is 0.120. The minimum atomic E-state index is -0.120. The molecule has 15 heavy (non-hydrogen) atoms. The highest BCUT2D eigenvalue weighted by molar-refractivity contribution is 9.11. The van der Waals surface area contributed by atoms with Crippen LogP contribution >= 0.6 is 31.9 Å². The van der Waals surface area contributed by atoms with Crippen molar-refractivity contribution < 1.29 is 10.2 Å². The van der Waals surface area contributed by atoms with Crippen LogP contribution in [0.1, 0.15) is 24.4 Å². The molecule has 1 rings (SSSR count). The fourth-order valence-corrected chi connectivity index (χ4v) is 2.50. The lowest BCUT2D eigenvalue weighted by molar-refractivity contribution is 0.280. The summed E-state index contributed by atoms with van der Waals surface area (Å²) in [6.45, 7) is 0.147. The molecule has 0 unspecified atom stereocenters. The lowest BCUT2D eigenvalue weighted by Gasteiger charge is -2.13. The van der Waals surface area contributed by atoms with Gasteiger partial charge in [-0.05, 0) is 62.4 Å². The molecule has 1 aromatic carbocycles. The van der Waals surface area contributed by atoms with Crippen LogP contribution in [0.25, 0.3) is 0 Å². The third kappa shape index (κ3) is 3.45. The van der Waals surface area contributed by atoms with Crippen molar-refractivity contribution >= 4 is 31.9 Å². The summed E-state index contributed by atoms with van der Waals surface area (Å²) >= 11 is 6.50. The van der Waals surface area contributed by atoms with Gasteiger partial charge in [0.15, 0.2) is 0 Å². The van der Waals surface area contributed by atoms with Gasteiger partial charge in [-0.2, -0.15) is 0 Å². The van der Waals surface area contributed by atoms with Crippen LogP contribution in [-0.4, -0.2) is 16.8 Å². The minimum Gasteiger partial charge on any atom is -0.506 e. The second kappa shape index (κ2) is 5.84. The largest absolute Gasteiger partial charge is 0.506 e. The molecule has 1 atom stereocenters. The van der Waals surface area contributed by atoms with Crippen molar-refractivity contribution in [1.29, 1.82) is 0 Å². The molecule has 5 heteroatoms. The number of nitrogens with two attached hydrogens (primary N) is 1. The lowest BCUT2D eigenvalue weighted by atomic mass is 10.0. The summed E-state index contributed by atoms with van der Waals surface area (Å²) in [5, 5.41) is 18.2. The van der Waals surface area contributed by atoms with Crippen molar-refractivity contribution in [3.05, 3.63) is 26.6 Å². The molecular weight excluding hydrogens is 326 g/mol. The van der Waals surface area contributed by atoms with Gasteiger partial charge in [0.25, 0.3) is 0 Å². The first-order valence-corrected chi connectivity index (χ1v) is 6.19. The Hall–Kier alpha value is -0.100. The van der Waals surface area contributed by atoms with Crippen LogP contribution in [0.2, 0.25) is 0 Å². The third-order valence-corrected chi connectivity index (χ3v) is 3.35. The first kappa shape index (κ1) is 13.0. The van der Waals surface area contributed by atoms with Crippen LogP contribution in [0.4, 0.5) is 0 Å². The molecule has 1 aromatic rings. The van der Waals surface area contributed by atoms with E-state index in [-0.39, 0.29) is 18.4 Å². The number of phenolic OH excluding ortho intramolecular Hbond substituents is 1. The maximum atomic E-state index is 9.51. The van der Waals surface area contributed by atoms with Crippen molar-refractivity contribution in [2.45, 2.75) is 18.9 Å². The Morgan fingerprint density at radius 3 is 2.27 bits per heavy atom. The Morgan fingerprint density at radius 2 is 1.80 bits per heavy atom. The zero-order chi connectivity index (χ0) is 11.4. The first-order valence-electron chi connectivity index (χ1n) is 4.60. The van der Waals surface area contributed by atoms with Crippen LogP contribution in [-0.2, 0) is 0 Å². The van der Waals surface area contributed by atoms with Gasteiger partial charge in [-0.25, -0.2) is 0 Å². The van der Waals surface area contributed by atoms with Gasteiger partial charge in [-0.3, -0.25) is 0 Å². The number of benzene rings is 1. The zero-order valence-corrected chi connectivity index (χ0v) is 11.3. The summed E-state index contributed by atoms with van der Waals surface area (Å²) in [5.41, 5.74) is 6.87. The van der Waals surface area contributed by atoms with Gasteiger partial charge >= 0.3 is 0 Å². The van der Waals surface area contributed by atoms with Crippen LogP contribution in [0.5, 0.6) is 5.75 Å². The lowest BCUT2D eigenvalue weighted by Crippen LogP contribution is -2.10. The molecule has 0 heterocycles.